The molecule has 1 fully saturated rings. The van der Waals surface area contributed by atoms with E-state index < -0.39 is 5.54 Å². The van der Waals surface area contributed by atoms with E-state index in [9.17, 15) is 0 Å². The van der Waals surface area contributed by atoms with E-state index in [0.29, 0.717) is 13.1 Å². The zero-order valence-corrected chi connectivity index (χ0v) is 5.62. The molecule has 0 atom stereocenters. The van der Waals surface area contributed by atoms with Gasteiger partial charge >= 0.3 is 0 Å². The van der Waals surface area contributed by atoms with Gasteiger partial charge in [-0.1, -0.05) is 0 Å². The van der Waals surface area contributed by atoms with Crippen molar-refractivity contribution in [2.24, 2.45) is 0 Å². The second kappa shape index (κ2) is 2.81. The smallest absolute Gasteiger partial charge is 0.0937 e. The van der Waals surface area contributed by atoms with Crippen molar-refractivity contribution in [2.75, 3.05) is 26.4 Å². The van der Waals surface area contributed by atoms with Crippen molar-refractivity contribution in [3.05, 3.63) is 0 Å². The van der Waals surface area contributed by atoms with E-state index in [1.165, 1.54) is 0 Å². The lowest BCUT2D eigenvalue weighted by molar-refractivity contribution is -0.197. The predicted molar refractivity (Wildman–Crippen MR) is 33.4 cm³/mol. The van der Waals surface area contributed by atoms with E-state index in [1.807, 2.05) is 0 Å². The molecule has 0 aromatic rings. The lowest BCUT2D eigenvalue weighted by atomic mass is 9.93. The molecular formula is C5H12N2O3. The lowest BCUT2D eigenvalue weighted by Crippen LogP contribution is -2.70. The molecule has 4 N–H and O–H groups in total. The van der Waals surface area contributed by atoms with Gasteiger partial charge in [-0.25, -0.2) is 0 Å². The monoisotopic (exact) mass is 148 g/mol. The first kappa shape index (κ1) is 7.90. The molecule has 0 bridgehead atoms. The molecule has 5 nitrogen and oxygen atoms in total. The van der Waals surface area contributed by atoms with E-state index in [1.54, 1.807) is 0 Å². The molecule has 0 saturated carbocycles. The number of aliphatic hydroxyl groups excluding tert-OH is 2. The second-order valence-corrected chi connectivity index (χ2v) is 2.60. The van der Waals surface area contributed by atoms with Crippen LogP contribution in [-0.4, -0.2) is 52.4 Å². The van der Waals surface area contributed by atoms with Crippen molar-refractivity contribution < 1.29 is 15.4 Å². The van der Waals surface area contributed by atoms with Crippen molar-refractivity contribution >= 4 is 0 Å². The third-order valence-electron chi connectivity index (χ3n) is 1.73. The summed E-state index contributed by atoms with van der Waals surface area (Å²) in [4.78, 5) is 0. The highest BCUT2D eigenvalue weighted by atomic mass is 16.5. The Balaban J connectivity index is 2.32. The van der Waals surface area contributed by atoms with Gasteiger partial charge in [-0.15, -0.1) is 0 Å². The summed E-state index contributed by atoms with van der Waals surface area (Å²) in [7, 11) is 0. The van der Waals surface area contributed by atoms with Crippen LogP contribution in [0.1, 0.15) is 0 Å². The third kappa shape index (κ3) is 1.28. The molecule has 0 aromatic heterocycles. The molecule has 0 unspecified atom stereocenters. The largest absolute Gasteiger partial charge is 0.394 e. The Morgan fingerprint density at radius 2 is 2.00 bits per heavy atom. The minimum Gasteiger partial charge on any atom is -0.394 e. The molecule has 1 aliphatic heterocycles. The fourth-order valence-corrected chi connectivity index (χ4v) is 1.09. The number of nitrogens with one attached hydrogen (secondary N) is 1. The summed E-state index contributed by atoms with van der Waals surface area (Å²) >= 11 is 0. The van der Waals surface area contributed by atoms with Crippen LogP contribution in [0.4, 0.5) is 0 Å². The second-order valence-electron chi connectivity index (χ2n) is 2.60. The van der Waals surface area contributed by atoms with Gasteiger partial charge in [0.2, 0.25) is 0 Å². The summed E-state index contributed by atoms with van der Waals surface area (Å²) in [5.41, 5.74) is -0.483. The van der Waals surface area contributed by atoms with Crippen molar-refractivity contribution in [1.29, 1.82) is 0 Å². The van der Waals surface area contributed by atoms with Crippen molar-refractivity contribution in [3.8, 4) is 0 Å². The van der Waals surface area contributed by atoms with Gasteiger partial charge in [0.15, 0.2) is 0 Å². The van der Waals surface area contributed by atoms with Crippen LogP contribution >= 0.6 is 0 Å². The highest BCUT2D eigenvalue weighted by Crippen LogP contribution is 2.16. The molecule has 10 heavy (non-hydrogen) atoms. The van der Waals surface area contributed by atoms with Crippen LogP contribution in [0.25, 0.3) is 0 Å². The van der Waals surface area contributed by atoms with Gasteiger partial charge in [-0.3, -0.25) is 5.32 Å². The predicted octanol–water partition coefficient (Wildman–Crippen LogP) is -2.04. The molecular weight excluding hydrogens is 136 g/mol. The molecule has 0 aliphatic carbocycles. The van der Waals surface area contributed by atoms with Crippen molar-refractivity contribution in [3.63, 3.8) is 0 Å². The fourth-order valence-electron chi connectivity index (χ4n) is 1.09. The first-order valence-electron chi connectivity index (χ1n) is 3.13. The van der Waals surface area contributed by atoms with E-state index in [2.05, 4.69) is 5.32 Å². The van der Waals surface area contributed by atoms with Gasteiger partial charge in [0.25, 0.3) is 0 Å². The van der Waals surface area contributed by atoms with Gasteiger partial charge in [0.05, 0.1) is 18.9 Å². The molecule has 1 heterocycles. The highest BCUT2D eigenvalue weighted by molar-refractivity contribution is 4.98. The minimum atomic E-state index is -0.483. The standard InChI is InChI=1S/C5H12N2O3/c8-3-5(6-4-9)1-7(10)2-5/h6,8-10H,1-4H2. The zero-order chi connectivity index (χ0) is 7.61. The first-order valence-corrected chi connectivity index (χ1v) is 3.13. The number of nitrogens with zero attached hydrogens (tertiary/aromatic N) is 1. The van der Waals surface area contributed by atoms with Gasteiger partial charge in [0, 0.05) is 13.1 Å². The average molecular weight is 148 g/mol. The van der Waals surface area contributed by atoms with Crippen molar-refractivity contribution in [2.45, 2.75) is 5.54 Å². The van der Waals surface area contributed by atoms with Gasteiger partial charge in [-0.05, 0) is 0 Å². The van der Waals surface area contributed by atoms with Crippen LogP contribution in [-0.2, 0) is 0 Å². The van der Waals surface area contributed by atoms with Crippen LogP contribution < -0.4 is 5.32 Å². The Morgan fingerprint density at radius 3 is 2.30 bits per heavy atom. The van der Waals surface area contributed by atoms with Crippen LogP contribution in [0.15, 0.2) is 0 Å². The van der Waals surface area contributed by atoms with E-state index >= 15 is 0 Å². The summed E-state index contributed by atoms with van der Waals surface area (Å²) in [6, 6.07) is 0. The average Bonchev–Trinajstić information content (AvgIpc) is 1.84. The Kier molecular flexibility index (Phi) is 2.22. The molecule has 0 spiro atoms. The van der Waals surface area contributed by atoms with Crippen LogP contribution in [0, 0.1) is 0 Å². The Morgan fingerprint density at radius 1 is 1.40 bits per heavy atom. The van der Waals surface area contributed by atoms with Crippen LogP contribution in [0.5, 0.6) is 0 Å². The topological polar surface area (TPSA) is 76.0 Å². The number of hydrogen-bond donors (Lipinski definition) is 4. The van der Waals surface area contributed by atoms with Gasteiger partial charge < -0.3 is 15.4 Å². The molecule has 1 rings (SSSR count). The first-order chi connectivity index (χ1) is 4.72. The fraction of sp³-hybridized carbons (Fsp3) is 1.00. The quantitative estimate of drug-likeness (QED) is 0.347. The maximum Gasteiger partial charge on any atom is 0.0937 e. The Bertz CT molecular complexity index is 108. The minimum absolute atomic E-state index is 0.0649. The molecule has 0 amide bonds. The van der Waals surface area contributed by atoms with Gasteiger partial charge in [0.1, 0.15) is 0 Å². The molecule has 1 saturated heterocycles. The number of aliphatic hydroxyl groups is 2. The number of hydroxylamine groups is 2. The summed E-state index contributed by atoms with van der Waals surface area (Å²) < 4.78 is 0. The highest BCUT2D eigenvalue weighted by Gasteiger charge is 2.41. The summed E-state index contributed by atoms with van der Waals surface area (Å²) in [6.07, 6.45) is 0. The third-order valence-corrected chi connectivity index (χ3v) is 1.73. The molecule has 1 aliphatic rings. The SMILES string of the molecule is OCNC1(CO)CN(O)C1. The van der Waals surface area contributed by atoms with E-state index in [-0.39, 0.29) is 13.3 Å². The summed E-state index contributed by atoms with van der Waals surface area (Å²) in [6.45, 7) is 0.493. The van der Waals surface area contributed by atoms with Crippen molar-refractivity contribution in [1.82, 2.24) is 10.4 Å². The van der Waals surface area contributed by atoms with E-state index in [0.717, 1.165) is 5.06 Å². The number of rotatable bonds is 3. The molecule has 0 radical (unpaired) electrons. The molecule has 60 valence electrons. The van der Waals surface area contributed by atoms with Crippen LogP contribution in [0.3, 0.4) is 0 Å². The van der Waals surface area contributed by atoms with Gasteiger partial charge in [-0.2, -0.15) is 5.06 Å². The summed E-state index contributed by atoms with van der Waals surface area (Å²) in [5.74, 6) is 0. The van der Waals surface area contributed by atoms with Crippen LogP contribution in [0.2, 0.25) is 0 Å². The Hall–Kier alpha value is -0.200. The Labute approximate surface area is 58.8 Å². The maximum atomic E-state index is 8.77. The maximum absolute atomic E-state index is 8.77. The summed E-state index contributed by atoms with van der Waals surface area (Å²) in [5, 5.41) is 29.7. The molecule has 0 aromatic carbocycles. The lowest BCUT2D eigenvalue weighted by Gasteiger charge is -2.45. The normalized spacial score (nSPS) is 24.3. The number of hydrogen-bond acceptors (Lipinski definition) is 5. The zero-order valence-electron chi connectivity index (χ0n) is 5.62. The molecule has 5 heteroatoms. The van der Waals surface area contributed by atoms with E-state index in [4.69, 9.17) is 15.4 Å².